The van der Waals surface area contributed by atoms with Crippen LogP contribution in [0.5, 0.6) is 0 Å². The zero-order valence-corrected chi connectivity index (χ0v) is 9.69. The molecule has 0 aliphatic carbocycles. The molecule has 1 rings (SSSR count). The fourth-order valence-electron chi connectivity index (χ4n) is 1.27. The highest BCUT2D eigenvalue weighted by molar-refractivity contribution is 5.81. The van der Waals surface area contributed by atoms with Gasteiger partial charge in [0.25, 0.3) is 0 Å². The molecular weight excluding hydrogens is 208 g/mol. The summed E-state index contributed by atoms with van der Waals surface area (Å²) >= 11 is 0. The summed E-state index contributed by atoms with van der Waals surface area (Å²) in [6.07, 6.45) is 2.69. The van der Waals surface area contributed by atoms with Crippen LogP contribution in [-0.2, 0) is 11.3 Å². The summed E-state index contributed by atoms with van der Waals surface area (Å²) in [4.78, 5) is 15.5. The third-order valence-corrected chi connectivity index (χ3v) is 2.20. The molecule has 0 saturated carbocycles. The zero-order chi connectivity index (χ0) is 12.0. The number of unbranched alkanes of at least 4 members (excludes halogenated alkanes) is 1. The first-order valence-corrected chi connectivity index (χ1v) is 5.46. The first kappa shape index (κ1) is 12.6. The summed E-state index contributed by atoms with van der Waals surface area (Å²) < 4.78 is 4.78. The maximum atomic E-state index is 11.5. The van der Waals surface area contributed by atoms with Crippen LogP contribution in [-0.4, -0.2) is 22.1 Å². The van der Waals surface area contributed by atoms with E-state index < -0.39 is 6.04 Å². The number of rotatable bonds is 6. The smallest absolute Gasteiger partial charge is 0.237 e. The zero-order valence-electron chi connectivity index (χ0n) is 9.69. The van der Waals surface area contributed by atoms with Crippen molar-refractivity contribution in [1.29, 1.82) is 0 Å². The maximum absolute atomic E-state index is 11.5. The average Bonchev–Trinajstić information content (AvgIpc) is 2.68. The van der Waals surface area contributed by atoms with E-state index in [1.807, 2.05) is 0 Å². The molecule has 0 radical (unpaired) electrons. The Morgan fingerprint density at radius 3 is 2.94 bits per heavy atom. The van der Waals surface area contributed by atoms with Crippen molar-refractivity contribution in [3.05, 3.63) is 11.7 Å². The summed E-state index contributed by atoms with van der Waals surface area (Å²) in [5.41, 5.74) is 5.70. The first-order chi connectivity index (χ1) is 7.63. The van der Waals surface area contributed by atoms with Gasteiger partial charge < -0.3 is 15.6 Å². The molecule has 1 heterocycles. The van der Waals surface area contributed by atoms with Gasteiger partial charge in [-0.05, 0) is 6.42 Å². The molecule has 1 amide bonds. The number of hydrogen-bond donors (Lipinski definition) is 2. The van der Waals surface area contributed by atoms with Gasteiger partial charge in [0.05, 0.1) is 12.6 Å². The standard InChI is InChI=1S/C10H18N4O2/c1-3-4-5-8(11)10(15)12-6-9-13-7(2)16-14-9/h8H,3-6,11H2,1-2H3,(H,12,15). The van der Waals surface area contributed by atoms with Gasteiger partial charge in [0.1, 0.15) is 0 Å². The Morgan fingerprint density at radius 1 is 1.62 bits per heavy atom. The number of nitrogens with zero attached hydrogens (tertiary/aromatic N) is 2. The predicted octanol–water partition coefficient (Wildman–Crippen LogP) is 0.512. The lowest BCUT2D eigenvalue weighted by atomic mass is 10.1. The minimum Gasteiger partial charge on any atom is -0.347 e. The molecule has 1 aromatic heterocycles. The van der Waals surface area contributed by atoms with Crippen LogP contribution in [0.1, 0.15) is 37.9 Å². The fourth-order valence-corrected chi connectivity index (χ4v) is 1.27. The van der Waals surface area contributed by atoms with Crippen LogP contribution in [0, 0.1) is 6.92 Å². The highest BCUT2D eigenvalue weighted by Crippen LogP contribution is 1.99. The minimum atomic E-state index is -0.451. The Kier molecular flexibility index (Phi) is 4.91. The van der Waals surface area contributed by atoms with Crippen LogP contribution in [0.15, 0.2) is 4.52 Å². The molecule has 0 bridgehead atoms. The molecule has 6 nitrogen and oxygen atoms in total. The van der Waals surface area contributed by atoms with Crippen molar-refractivity contribution in [2.45, 2.75) is 45.7 Å². The van der Waals surface area contributed by atoms with Gasteiger partial charge in [0, 0.05) is 6.92 Å². The van der Waals surface area contributed by atoms with Crippen LogP contribution in [0.3, 0.4) is 0 Å². The number of amides is 1. The number of nitrogens with one attached hydrogen (secondary N) is 1. The lowest BCUT2D eigenvalue weighted by Crippen LogP contribution is -2.40. The number of carbonyl (C=O) groups excluding carboxylic acids is 1. The van der Waals surface area contributed by atoms with Gasteiger partial charge in [-0.15, -0.1) is 0 Å². The SMILES string of the molecule is CCCCC(N)C(=O)NCc1noc(C)n1. The molecule has 0 aliphatic heterocycles. The van der Waals surface area contributed by atoms with Gasteiger partial charge in [0.2, 0.25) is 11.8 Å². The van der Waals surface area contributed by atoms with Gasteiger partial charge in [-0.2, -0.15) is 4.98 Å². The Bertz CT molecular complexity index is 337. The molecule has 16 heavy (non-hydrogen) atoms. The number of nitrogens with two attached hydrogens (primary N) is 1. The molecule has 1 unspecified atom stereocenters. The summed E-state index contributed by atoms with van der Waals surface area (Å²) in [5, 5.41) is 6.34. The Balaban J connectivity index is 2.29. The van der Waals surface area contributed by atoms with Gasteiger partial charge >= 0.3 is 0 Å². The Morgan fingerprint density at radius 2 is 2.38 bits per heavy atom. The fraction of sp³-hybridized carbons (Fsp3) is 0.700. The van der Waals surface area contributed by atoms with E-state index in [9.17, 15) is 4.79 Å². The number of aromatic nitrogens is 2. The van der Waals surface area contributed by atoms with Crippen LogP contribution in [0.2, 0.25) is 0 Å². The highest BCUT2D eigenvalue weighted by atomic mass is 16.5. The Labute approximate surface area is 94.6 Å². The largest absolute Gasteiger partial charge is 0.347 e. The molecule has 3 N–H and O–H groups in total. The van der Waals surface area contributed by atoms with Crippen molar-refractivity contribution < 1.29 is 9.32 Å². The van der Waals surface area contributed by atoms with Crippen molar-refractivity contribution in [3.63, 3.8) is 0 Å². The summed E-state index contributed by atoms with van der Waals surface area (Å²) in [7, 11) is 0. The van der Waals surface area contributed by atoms with E-state index in [1.165, 1.54) is 0 Å². The summed E-state index contributed by atoms with van der Waals surface area (Å²) in [6, 6.07) is -0.451. The molecule has 90 valence electrons. The quantitative estimate of drug-likeness (QED) is 0.737. The molecule has 0 saturated heterocycles. The number of hydrogen-bond acceptors (Lipinski definition) is 5. The lowest BCUT2D eigenvalue weighted by Gasteiger charge is -2.09. The number of aryl methyl sites for hydroxylation is 1. The van der Waals surface area contributed by atoms with E-state index in [0.717, 1.165) is 12.8 Å². The molecule has 1 aromatic rings. The van der Waals surface area contributed by atoms with E-state index >= 15 is 0 Å². The van der Waals surface area contributed by atoms with Gasteiger partial charge in [-0.1, -0.05) is 24.9 Å². The van der Waals surface area contributed by atoms with Crippen LogP contribution >= 0.6 is 0 Å². The molecule has 6 heteroatoms. The van der Waals surface area contributed by atoms with Crippen LogP contribution < -0.4 is 11.1 Å². The predicted molar refractivity (Wildman–Crippen MR) is 58.4 cm³/mol. The monoisotopic (exact) mass is 226 g/mol. The first-order valence-electron chi connectivity index (χ1n) is 5.46. The van der Waals surface area contributed by atoms with Crippen LogP contribution in [0.4, 0.5) is 0 Å². The average molecular weight is 226 g/mol. The van der Waals surface area contributed by atoms with Gasteiger partial charge in [0.15, 0.2) is 5.82 Å². The van der Waals surface area contributed by atoms with Gasteiger partial charge in [-0.3, -0.25) is 4.79 Å². The van der Waals surface area contributed by atoms with Gasteiger partial charge in [-0.25, -0.2) is 0 Å². The molecule has 0 aliphatic rings. The third kappa shape index (κ3) is 3.98. The van der Waals surface area contributed by atoms with E-state index in [4.69, 9.17) is 10.3 Å². The van der Waals surface area contributed by atoms with Crippen molar-refractivity contribution >= 4 is 5.91 Å². The Hall–Kier alpha value is -1.43. The molecule has 0 aromatic carbocycles. The number of carbonyl (C=O) groups is 1. The second kappa shape index (κ2) is 6.22. The van der Waals surface area contributed by atoms with E-state index in [0.29, 0.717) is 18.1 Å². The highest BCUT2D eigenvalue weighted by Gasteiger charge is 2.13. The third-order valence-electron chi connectivity index (χ3n) is 2.20. The topological polar surface area (TPSA) is 94.0 Å². The van der Waals surface area contributed by atoms with E-state index in [-0.39, 0.29) is 12.5 Å². The van der Waals surface area contributed by atoms with Crippen molar-refractivity contribution in [3.8, 4) is 0 Å². The molecule has 0 spiro atoms. The molecule has 0 fully saturated rings. The van der Waals surface area contributed by atoms with E-state index in [1.54, 1.807) is 6.92 Å². The van der Waals surface area contributed by atoms with Crippen molar-refractivity contribution in [2.75, 3.05) is 0 Å². The summed E-state index contributed by atoms with van der Waals surface area (Å²) in [6.45, 7) is 4.02. The summed E-state index contributed by atoms with van der Waals surface area (Å²) in [5.74, 6) is 0.781. The normalized spacial score (nSPS) is 12.4. The second-order valence-corrected chi connectivity index (χ2v) is 3.70. The van der Waals surface area contributed by atoms with Crippen molar-refractivity contribution in [2.24, 2.45) is 5.73 Å². The van der Waals surface area contributed by atoms with Crippen molar-refractivity contribution in [1.82, 2.24) is 15.5 Å². The molecule has 1 atom stereocenters. The second-order valence-electron chi connectivity index (χ2n) is 3.70. The van der Waals surface area contributed by atoms with E-state index in [2.05, 4.69) is 22.4 Å². The maximum Gasteiger partial charge on any atom is 0.237 e. The molecular formula is C10H18N4O2. The lowest BCUT2D eigenvalue weighted by molar-refractivity contribution is -0.122. The van der Waals surface area contributed by atoms with Crippen LogP contribution in [0.25, 0.3) is 0 Å². The minimum absolute atomic E-state index is 0.170.